The molecule has 3 rings (SSSR count). The summed E-state index contributed by atoms with van der Waals surface area (Å²) in [6.07, 6.45) is 1.91. The Morgan fingerprint density at radius 1 is 0.812 bits per heavy atom. The van der Waals surface area contributed by atoms with Crippen LogP contribution in [0.4, 0.5) is 0 Å². The first-order valence-corrected chi connectivity index (χ1v) is 11.4. The number of ether oxygens (including phenoxy) is 2. The molecule has 0 N–H and O–H groups in total. The third kappa shape index (κ3) is 7.01. The molecule has 6 nitrogen and oxygen atoms in total. The van der Waals surface area contributed by atoms with Crippen molar-refractivity contribution in [2.75, 3.05) is 39.4 Å². The summed E-state index contributed by atoms with van der Waals surface area (Å²) in [6, 6.07) is 13.8. The summed E-state index contributed by atoms with van der Waals surface area (Å²) >= 11 is 0. The molecule has 0 unspecified atom stereocenters. The van der Waals surface area contributed by atoms with Crippen molar-refractivity contribution >= 4 is 11.8 Å². The molecular formula is C26H34N2O4. The molecule has 0 atom stereocenters. The number of hydrogen-bond donors (Lipinski definition) is 0. The van der Waals surface area contributed by atoms with Crippen LogP contribution in [-0.4, -0.2) is 61.0 Å². The van der Waals surface area contributed by atoms with Crippen LogP contribution in [0.3, 0.4) is 0 Å². The Labute approximate surface area is 191 Å². The number of carbonyl (C=O) groups excluding carboxylic acids is 2. The van der Waals surface area contributed by atoms with Gasteiger partial charge in [-0.15, -0.1) is 0 Å². The molecule has 172 valence electrons. The summed E-state index contributed by atoms with van der Waals surface area (Å²) in [5.41, 5.74) is 3.38. The normalized spacial score (nSPS) is 14.1. The number of amides is 2. The van der Waals surface area contributed by atoms with Gasteiger partial charge in [0.1, 0.15) is 11.5 Å². The lowest BCUT2D eigenvalue weighted by Gasteiger charge is -2.22. The minimum Gasteiger partial charge on any atom is -0.494 e. The second-order valence-electron chi connectivity index (χ2n) is 8.44. The smallest absolute Gasteiger partial charge is 0.260 e. The lowest BCUT2D eigenvalue weighted by Crippen LogP contribution is -2.39. The van der Waals surface area contributed by atoms with E-state index in [1.165, 1.54) is 11.1 Å². The third-order valence-corrected chi connectivity index (χ3v) is 5.71. The van der Waals surface area contributed by atoms with Crippen molar-refractivity contribution in [3.05, 3.63) is 59.2 Å². The standard InChI is InChI=1S/C26H34N2O4/c1-20-7-10-23(11-8-20)31-17-4-6-25(29)27-13-5-14-28(16-15-27)26(30)19-32-24-12-9-21(2)18-22(24)3/h7-12,18H,4-6,13-17,19H2,1-3H3. The summed E-state index contributed by atoms with van der Waals surface area (Å²) in [6.45, 7) is 9.02. The Morgan fingerprint density at radius 2 is 1.47 bits per heavy atom. The molecule has 0 bridgehead atoms. The van der Waals surface area contributed by atoms with Crippen LogP contribution in [0.1, 0.15) is 36.0 Å². The highest BCUT2D eigenvalue weighted by Crippen LogP contribution is 2.19. The SMILES string of the molecule is Cc1ccc(OCCCC(=O)N2CCCN(C(=O)COc3ccc(C)cc3C)CC2)cc1. The number of hydrogen-bond acceptors (Lipinski definition) is 4. The van der Waals surface area contributed by atoms with Gasteiger partial charge in [0.2, 0.25) is 5.91 Å². The van der Waals surface area contributed by atoms with E-state index < -0.39 is 0 Å². The fourth-order valence-corrected chi connectivity index (χ4v) is 3.81. The predicted octanol–water partition coefficient (Wildman–Crippen LogP) is 3.91. The highest BCUT2D eigenvalue weighted by molar-refractivity contribution is 5.78. The van der Waals surface area contributed by atoms with E-state index in [1.807, 2.05) is 68.1 Å². The molecule has 2 amide bonds. The Hall–Kier alpha value is -3.02. The van der Waals surface area contributed by atoms with E-state index in [0.717, 1.165) is 23.5 Å². The van der Waals surface area contributed by atoms with Crippen molar-refractivity contribution in [3.8, 4) is 11.5 Å². The molecule has 0 saturated carbocycles. The van der Waals surface area contributed by atoms with Crippen LogP contribution in [0, 0.1) is 20.8 Å². The van der Waals surface area contributed by atoms with E-state index in [4.69, 9.17) is 9.47 Å². The zero-order valence-electron chi connectivity index (χ0n) is 19.4. The van der Waals surface area contributed by atoms with Crippen LogP contribution in [-0.2, 0) is 9.59 Å². The largest absolute Gasteiger partial charge is 0.494 e. The van der Waals surface area contributed by atoms with Gasteiger partial charge in [-0.25, -0.2) is 0 Å². The highest BCUT2D eigenvalue weighted by Gasteiger charge is 2.22. The molecule has 1 heterocycles. The molecular weight excluding hydrogens is 404 g/mol. The van der Waals surface area contributed by atoms with Crippen LogP contribution in [0.5, 0.6) is 11.5 Å². The average Bonchev–Trinajstić information content (AvgIpc) is 3.03. The van der Waals surface area contributed by atoms with Crippen molar-refractivity contribution in [3.63, 3.8) is 0 Å². The Balaban J connectivity index is 1.38. The van der Waals surface area contributed by atoms with Crippen LogP contribution >= 0.6 is 0 Å². The Bertz CT molecular complexity index is 911. The first-order valence-electron chi connectivity index (χ1n) is 11.4. The minimum atomic E-state index is -0.0363. The van der Waals surface area contributed by atoms with Gasteiger partial charge in [0, 0.05) is 32.6 Å². The van der Waals surface area contributed by atoms with E-state index in [2.05, 4.69) is 0 Å². The van der Waals surface area contributed by atoms with Gasteiger partial charge >= 0.3 is 0 Å². The third-order valence-electron chi connectivity index (χ3n) is 5.71. The number of nitrogens with zero attached hydrogens (tertiary/aromatic N) is 2. The quantitative estimate of drug-likeness (QED) is 0.587. The molecule has 1 aliphatic rings. The van der Waals surface area contributed by atoms with Gasteiger partial charge in [-0.2, -0.15) is 0 Å². The number of aryl methyl sites for hydroxylation is 3. The second kappa shape index (κ2) is 11.6. The summed E-state index contributed by atoms with van der Waals surface area (Å²) in [7, 11) is 0. The molecule has 0 radical (unpaired) electrons. The molecule has 2 aromatic rings. The zero-order valence-corrected chi connectivity index (χ0v) is 19.4. The Morgan fingerprint density at radius 3 is 2.16 bits per heavy atom. The van der Waals surface area contributed by atoms with Crippen molar-refractivity contribution in [2.45, 2.75) is 40.0 Å². The summed E-state index contributed by atoms with van der Waals surface area (Å²) in [4.78, 5) is 28.9. The maximum absolute atomic E-state index is 12.6. The summed E-state index contributed by atoms with van der Waals surface area (Å²) < 4.78 is 11.5. The lowest BCUT2D eigenvalue weighted by molar-refractivity contribution is -0.134. The molecule has 1 fully saturated rings. The summed E-state index contributed by atoms with van der Waals surface area (Å²) in [5.74, 6) is 1.66. The molecule has 0 spiro atoms. The van der Waals surface area contributed by atoms with Gasteiger partial charge < -0.3 is 19.3 Å². The number of rotatable bonds is 8. The minimum absolute atomic E-state index is 0.0220. The first-order chi connectivity index (χ1) is 15.4. The first kappa shape index (κ1) is 23.6. The van der Waals surface area contributed by atoms with Gasteiger partial charge in [0.25, 0.3) is 5.91 Å². The monoisotopic (exact) mass is 438 g/mol. The number of benzene rings is 2. The summed E-state index contributed by atoms with van der Waals surface area (Å²) in [5, 5.41) is 0. The van der Waals surface area contributed by atoms with Crippen LogP contribution in [0.2, 0.25) is 0 Å². The van der Waals surface area contributed by atoms with Crippen LogP contribution in [0.25, 0.3) is 0 Å². The van der Waals surface area contributed by atoms with Crippen molar-refractivity contribution in [2.24, 2.45) is 0 Å². The number of carbonyl (C=O) groups is 2. The van der Waals surface area contributed by atoms with Crippen LogP contribution in [0.15, 0.2) is 42.5 Å². The molecule has 0 aromatic heterocycles. The van der Waals surface area contributed by atoms with Gasteiger partial charge in [-0.05, 0) is 57.4 Å². The topological polar surface area (TPSA) is 59.1 Å². The predicted molar refractivity (Wildman–Crippen MR) is 125 cm³/mol. The molecule has 0 aliphatic carbocycles. The fraction of sp³-hybridized carbons (Fsp3) is 0.462. The van der Waals surface area contributed by atoms with E-state index in [0.29, 0.717) is 45.6 Å². The molecule has 1 saturated heterocycles. The van der Waals surface area contributed by atoms with E-state index >= 15 is 0 Å². The maximum atomic E-state index is 12.6. The zero-order chi connectivity index (χ0) is 22.9. The van der Waals surface area contributed by atoms with E-state index in [9.17, 15) is 9.59 Å². The molecule has 2 aromatic carbocycles. The second-order valence-corrected chi connectivity index (χ2v) is 8.44. The van der Waals surface area contributed by atoms with Crippen molar-refractivity contribution in [1.82, 2.24) is 9.80 Å². The van der Waals surface area contributed by atoms with Crippen molar-refractivity contribution in [1.29, 1.82) is 0 Å². The highest BCUT2D eigenvalue weighted by atomic mass is 16.5. The van der Waals surface area contributed by atoms with E-state index in [1.54, 1.807) is 4.90 Å². The average molecular weight is 439 g/mol. The van der Waals surface area contributed by atoms with Gasteiger partial charge in [0.05, 0.1) is 6.61 Å². The molecule has 32 heavy (non-hydrogen) atoms. The van der Waals surface area contributed by atoms with E-state index in [-0.39, 0.29) is 18.4 Å². The molecule has 1 aliphatic heterocycles. The van der Waals surface area contributed by atoms with Gasteiger partial charge in [-0.3, -0.25) is 9.59 Å². The lowest BCUT2D eigenvalue weighted by atomic mass is 10.1. The maximum Gasteiger partial charge on any atom is 0.260 e. The van der Waals surface area contributed by atoms with Gasteiger partial charge in [-0.1, -0.05) is 35.4 Å². The van der Waals surface area contributed by atoms with Gasteiger partial charge in [0.15, 0.2) is 6.61 Å². The van der Waals surface area contributed by atoms with Crippen molar-refractivity contribution < 1.29 is 19.1 Å². The Kier molecular flexibility index (Phi) is 8.54. The fourth-order valence-electron chi connectivity index (χ4n) is 3.81. The molecule has 6 heteroatoms. The van der Waals surface area contributed by atoms with Crippen LogP contribution < -0.4 is 9.47 Å².